The summed E-state index contributed by atoms with van der Waals surface area (Å²) >= 11 is 1.79. The molecule has 2 heterocycles. The van der Waals surface area contributed by atoms with Crippen molar-refractivity contribution in [2.24, 2.45) is 0 Å². The van der Waals surface area contributed by atoms with E-state index in [4.69, 9.17) is 0 Å². The molecule has 1 atom stereocenters. The van der Waals surface area contributed by atoms with Crippen LogP contribution in [0, 0.1) is 0 Å². The first-order valence-electron chi connectivity index (χ1n) is 7.64. The van der Waals surface area contributed by atoms with E-state index in [1.165, 1.54) is 56.5 Å². The van der Waals surface area contributed by atoms with E-state index in [0.717, 1.165) is 6.54 Å². The quantitative estimate of drug-likeness (QED) is 0.902. The van der Waals surface area contributed by atoms with Gasteiger partial charge in [-0.25, -0.2) is 0 Å². The third-order valence-corrected chi connectivity index (χ3v) is 5.61. The number of thiazole rings is 1. The number of aromatic nitrogens is 1. The van der Waals surface area contributed by atoms with Gasteiger partial charge in [-0.2, -0.15) is 0 Å². The fourth-order valence-corrected chi connectivity index (χ4v) is 4.24. The summed E-state index contributed by atoms with van der Waals surface area (Å²) in [5.74, 6) is 0. The van der Waals surface area contributed by atoms with Gasteiger partial charge in [0.15, 0.2) is 0 Å². The van der Waals surface area contributed by atoms with Crippen molar-refractivity contribution in [3.63, 3.8) is 0 Å². The van der Waals surface area contributed by atoms with Gasteiger partial charge >= 0.3 is 0 Å². The van der Waals surface area contributed by atoms with Crippen molar-refractivity contribution in [1.82, 2.24) is 15.2 Å². The van der Waals surface area contributed by atoms with Crippen molar-refractivity contribution < 1.29 is 0 Å². The Morgan fingerprint density at radius 2 is 2.26 bits per heavy atom. The maximum absolute atomic E-state index is 4.22. The van der Waals surface area contributed by atoms with E-state index in [0.29, 0.717) is 11.6 Å². The molecule has 0 aromatic carbocycles. The fourth-order valence-electron chi connectivity index (χ4n) is 3.62. The fraction of sp³-hybridized carbons (Fsp3) is 0.800. The van der Waals surface area contributed by atoms with Crippen LogP contribution in [0.2, 0.25) is 0 Å². The highest BCUT2D eigenvalue weighted by Crippen LogP contribution is 2.32. The number of rotatable bonds is 2. The van der Waals surface area contributed by atoms with Crippen LogP contribution in [0.4, 0.5) is 0 Å². The smallest absolute Gasteiger partial charge is 0.0794 e. The van der Waals surface area contributed by atoms with Crippen molar-refractivity contribution in [3.8, 4) is 0 Å². The highest BCUT2D eigenvalue weighted by Gasteiger charge is 2.36. The van der Waals surface area contributed by atoms with Crippen molar-refractivity contribution >= 4 is 11.3 Å². The molecule has 1 aliphatic carbocycles. The van der Waals surface area contributed by atoms with Crippen LogP contribution >= 0.6 is 11.3 Å². The average molecular weight is 279 g/mol. The Bertz CT molecular complexity index is 384. The zero-order chi connectivity index (χ0) is 13.1. The molecule has 0 radical (unpaired) electrons. The standard InChI is InChI=1S/C15H25N3S/c1-13-5-8-17-15(6-3-2-4-7-15)11-18(13)10-14-9-16-12-19-14/h9,12-13,17H,2-8,10-11H2,1H3. The van der Waals surface area contributed by atoms with Crippen molar-refractivity contribution in [2.45, 2.75) is 63.6 Å². The average Bonchev–Trinajstić information content (AvgIpc) is 2.87. The molecule has 1 saturated carbocycles. The summed E-state index contributed by atoms with van der Waals surface area (Å²) in [6.07, 6.45) is 10.2. The van der Waals surface area contributed by atoms with E-state index in [2.05, 4.69) is 22.1 Å². The minimum absolute atomic E-state index is 0.397. The minimum atomic E-state index is 0.397. The Morgan fingerprint density at radius 3 is 3.00 bits per heavy atom. The first kappa shape index (κ1) is 13.5. The van der Waals surface area contributed by atoms with Crippen LogP contribution in [0.25, 0.3) is 0 Å². The lowest BCUT2D eigenvalue weighted by atomic mass is 9.81. The van der Waals surface area contributed by atoms with E-state index in [-0.39, 0.29) is 0 Å². The maximum Gasteiger partial charge on any atom is 0.0794 e. The molecule has 1 N–H and O–H groups in total. The highest BCUT2D eigenvalue weighted by atomic mass is 32.1. The van der Waals surface area contributed by atoms with Crippen LogP contribution in [-0.2, 0) is 6.54 Å². The van der Waals surface area contributed by atoms with E-state index >= 15 is 0 Å². The van der Waals surface area contributed by atoms with Crippen LogP contribution in [0.15, 0.2) is 11.7 Å². The van der Waals surface area contributed by atoms with Gasteiger partial charge in [-0.1, -0.05) is 19.3 Å². The Hall–Kier alpha value is -0.450. The molecular weight excluding hydrogens is 254 g/mol. The second-order valence-electron chi connectivity index (χ2n) is 6.28. The molecule has 1 aromatic rings. The van der Waals surface area contributed by atoms with Gasteiger partial charge in [0.05, 0.1) is 5.51 Å². The molecule has 1 aliphatic heterocycles. The van der Waals surface area contributed by atoms with Gasteiger partial charge in [0.1, 0.15) is 0 Å². The Kier molecular flexibility index (Phi) is 4.20. The van der Waals surface area contributed by atoms with Crippen LogP contribution in [0.5, 0.6) is 0 Å². The summed E-state index contributed by atoms with van der Waals surface area (Å²) in [6, 6.07) is 0.677. The lowest BCUT2D eigenvalue weighted by Gasteiger charge is -2.40. The lowest BCUT2D eigenvalue weighted by Crippen LogP contribution is -2.53. The summed E-state index contributed by atoms with van der Waals surface area (Å²) in [6.45, 7) is 5.85. The molecule has 3 rings (SSSR count). The van der Waals surface area contributed by atoms with Gasteiger partial charge in [-0.15, -0.1) is 11.3 Å². The summed E-state index contributed by atoms with van der Waals surface area (Å²) < 4.78 is 0. The SMILES string of the molecule is CC1CCNC2(CCCCC2)CN1Cc1cncs1. The van der Waals surface area contributed by atoms with Gasteiger partial charge in [-0.3, -0.25) is 9.88 Å². The van der Waals surface area contributed by atoms with Crippen molar-refractivity contribution in [1.29, 1.82) is 0 Å². The Labute approximate surface area is 120 Å². The van der Waals surface area contributed by atoms with Gasteiger partial charge in [0.2, 0.25) is 0 Å². The predicted molar refractivity (Wildman–Crippen MR) is 80.4 cm³/mol. The van der Waals surface area contributed by atoms with Crippen LogP contribution in [0.1, 0.15) is 50.3 Å². The van der Waals surface area contributed by atoms with Crippen LogP contribution < -0.4 is 5.32 Å². The minimum Gasteiger partial charge on any atom is -0.310 e. The molecule has 3 nitrogen and oxygen atoms in total. The molecule has 19 heavy (non-hydrogen) atoms. The van der Waals surface area contributed by atoms with Gasteiger partial charge < -0.3 is 5.32 Å². The predicted octanol–water partition coefficient (Wildman–Crippen LogP) is 3.03. The molecule has 2 fully saturated rings. The maximum atomic E-state index is 4.22. The topological polar surface area (TPSA) is 28.2 Å². The molecule has 106 valence electrons. The number of nitrogens with one attached hydrogen (secondary N) is 1. The van der Waals surface area contributed by atoms with Gasteiger partial charge in [0.25, 0.3) is 0 Å². The number of nitrogens with zero attached hydrogens (tertiary/aromatic N) is 2. The summed E-state index contributed by atoms with van der Waals surface area (Å²) in [7, 11) is 0. The molecule has 4 heteroatoms. The first-order chi connectivity index (χ1) is 9.27. The Balaban J connectivity index is 1.72. The monoisotopic (exact) mass is 279 g/mol. The molecular formula is C15H25N3S. The summed E-state index contributed by atoms with van der Waals surface area (Å²) in [5.41, 5.74) is 2.35. The molecule has 1 spiro atoms. The summed E-state index contributed by atoms with van der Waals surface area (Å²) in [5, 5.41) is 3.88. The second kappa shape index (κ2) is 5.90. The summed E-state index contributed by atoms with van der Waals surface area (Å²) in [4.78, 5) is 8.30. The van der Waals surface area contributed by atoms with Crippen LogP contribution in [-0.4, -0.2) is 34.6 Å². The van der Waals surface area contributed by atoms with Crippen molar-refractivity contribution in [3.05, 3.63) is 16.6 Å². The van der Waals surface area contributed by atoms with Crippen molar-refractivity contribution in [2.75, 3.05) is 13.1 Å². The first-order valence-corrected chi connectivity index (χ1v) is 8.52. The number of hydrogen-bond acceptors (Lipinski definition) is 4. The second-order valence-corrected chi connectivity index (χ2v) is 7.25. The molecule has 2 aliphatic rings. The zero-order valence-corrected chi connectivity index (χ0v) is 12.7. The third kappa shape index (κ3) is 3.18. The van der Waals surface area contributed by atoms with Gasteiger partial charge in [-0.05, 0) is 32.7 Å². The molecule has 1 unspecified atom stereocenters. The molecule has 0 amide bonds. The molecule has 1 saturated heterocycles. The van der Waals surface area contributed by atoms with E-state index in [1.807, 2.05) is 11.7 Å². The highest BCUT2D eigenvalue weighted by molar-refractivity contribution is 7.09. The van der Waals surface area contributed by atoms with Gasteiger partial charge in [0, 0.05) is 35.7 Å². The third-order valence-electron chi connectivity index (χ3n) is 4.84. The van der Waals surface area contributed by atoms with Crippen LogP contribution in [0.3, 0.4) is 0 Å². The van der Waals surface area contributed by atoms with E-state index < -0.39 is 0 Å². The number of hydrogen-bond donors (Lipinski definition) is 1. The molecule has 1 aromatic heterocycles. The zero-order valence-electron chi connectivity index (χ0n) is 11.9. The molecule has 0 bridgehead atoms. The lowest BCUT2D eigenvalue weighted by molar-refractivity contribution is 0.132. The van der Waals surface area contributed by atoms with E-state index in [1.54, 1.807) is 11.3 Å². The Morgan fingerprint density at radius 1 is 1.42 bits per heavy atom. The van der Waals surface area contributed by atoms with E-state index in [9.17, 15) is 0 Å². The normalized spacial score (nSPS) is 28.4. The largest absolute Gasteiger partial charge is 0.310 e.